The molecule has 33 heavy (non-hydrogen) atoms. The van der Waals surface area contributed by atoms with E-state index in [2.05, 4.69) is 10.5 Å². The number of carbonyl (C=O) groups is 3. The fourth-order valence-electron chi connectivity index (χ4n) is 4.44. The van der Waals surface area contributed by atoms with Crippen molar-refractivity contribution < 1.29 is 27.7 Å². The van der Waals surface area contributed by atoms with Gasteiger partial charge in [-0.05, 0) is 44.7 Å². The summed E-state index contributed by atoms with van der Waals surface area (Å²) < 4.78 is 32.0. The molecule has 3 heterocycles. The summed E-state index contributed by atoms with van der Waals surface area (Å²) >= 11 is 0. The molecule has 8 nitrogen and oxygen atoms in total. The van der Waals surface area contributed by atoms with Crippen LogP contribution in [-0.4, -0.2) is 58.9 Å². The molecule has 2 fully saturated rings. The highest BCUT2D eigenvalue weighted by Crippen LogP contribution is 2.26. The van der Waals surface area contributed by atoms with E-state index in [1.54, 1.807) is 17.9 Å². The van der Waals surface area contributed by atoms with Crippen molar-refractivity contribution in [2.75, 3.05) is 31.5 Å². The molecule has 0 atom stereocenters. The van der Waals surface area contributed by atoms with Crippen molar-refractivity contribution in [2.24, 2.45) is 11.8 Å². The summed E-state index contributed by atoms with van der Waals surface area (Å²) in [7, 11) is 0. The van der Waals surface area contributed by atoms with Crippen LogP contribution in [0.4, 0.5) is 14.6 Å². The van der Waals surface area contributed by atoms with E-state index in [9.17, 15) is 23.2 Å². The summed E-state index contributed by atoms with van der Waals surface area (Å²) in [6, 6.07) is 4.55. The first-order valence-electron chi connectivity index (χ1n) is 11.1. The van der Waals surface area contributed by atoms with Crippen molar-refractivity contribution in [1.29, 1.82) is 0 Å². The van der Waals surface area contributed by atoms with Crippen molar-refractivity contribution >= 4 is 23.5 Å². The average molecular weight is 460 g/mol. The fourth-order valence-corrected chi connectivity index (χ4v) is 4.44. The molecule has 3 amide bonds. The van der Waals surface area contributed by atoms with E-state index in [0.717, 1.165) is 12.1 Å². The second-order valence-electron chi connectivity index (χ2n) is 8.60. The molecule has 176 valence electrons. The number of hydrogen-bond donors (Lipinski definition) is 1. The molecule has 0 radical (unpaired) electrons. The Balaban J connectivity index is 1.24. The predicted molar refractivity (Wildman–Crippen MR) is 114 cm³/mol. The van der Waals surface area contributed by atoms with Crippen molar-refractivity contribution in [2.45, 2.75) is 32.6 Å². The minimum Gasteiger partial charge on any atom is -0.360 e. The zero-order chi connectivity index (χ0) is 23.5. The van der Waals surface area contributed by atoms with Gasteiger partial charge in [0, 0.05) is 50.1 Å². The molecule has 0 aliphatic carbocycles. The zero-order valence-corrected chi connectivity index (χ0v) is 18.4. The van der Waals surface area contributed by atoms with Gasteiger partial charge >= 0.3 is 0 Å². The Morgan fingerprint density at radius 3 is 2.21 bits per heavy atom. The number of nitrogens with zero attached hydrogens (tertiary/aromatic N) is 3. The first kappa shape index (κ1) is 22.9. The Kier molecular flexibility index (Phi) is 6.71. The number of benzene rings is 1. The van der Waals surface area contributed by atoms with Gasteiger partial charge in [0.25, 0.3) is 5.91 Å². The molecule has 1 N–H and O–H groups in total. The highest BCUT2D eigenvalue weighted by Gasteiger charge is 2.34. The molecule has 2 aliphatic heterocycles. The lowest BCUT2D eigenvalue weighted by molar-refractivity contribution is -0.139. The molecule has 4 rings (SSSR count). The Morgan fingerprint density at radius 2 is 1.61 bits per heavy atom. The number of nitrogens with one attached hydrogen (secondary N) is 1. The fraction of sp³-hybridized carbons (Fsp3) is 0.478. The number of likely N-dealkylation sites (tertiary alicyclic amines) is 2. The van der Waals surface area contributed by atoms with Crippen LogP contribution in [0, 0.1) is 30.4 Å². The number of carbonyl (C=O) groups excluding carboxylic acids is 3. The Hall–Kier alpha value is -3.30. The summed E-state index contributed by atoms with van der Waals surface area (Å²) in [5.74, 6) is -1.62. The topological polar surface area (TPSA) is 95.8 Å². The lowest BCUT2D eigenvalue weighted by Crippen LogP contribution is -2.47. The normalized spacial score (nSPS) is 17.8. The maximum absolute atomic E-state index is 13.9. The van der Waals surface area contributed by atoms with Crippen LogP contribution < -0.4 is 5.32 Å². The van der Waals surface area contributed by atoms with E-state index in [1.165, 1.54) is 4.90 Å². The molecule has 0 bridgehead atoms. The summed E-state index contributed by atoms with van der Waals surface area (Å²) in [5, 5.41) is 6.51. The monoisotopic (exact) mass is 460 g/mol. The molecule has 0 saturated carbocycles. The van der Waals surface area contributed by atoms with Crippen LogP contribution in [0.2, 0.25) is 0 Å². The third-order valence-corrected chi connectivity index (χ3v) is 6.35. The Morgan fingerprint density at radius 1 is 0.970 bits per heavy atom. The first-order valence-corrected chi connectivity index (χ1v) is 11.1. The van der Waals surface area contributed by atoms with Crippen molar-refractivity contribution in [3.63, 3.8) is 0 Å². The number of anilines is 1. The van der Waals surface area contributed by atoms with E-state index >= 15 is 0 Å². The van der Waals surface area contributed by atoms with Gasteiger partial charge in [0.1, 0.15) is 17.4 Å². The molecule has 10 heteroatoms. The van der Waals surface area contributed by atoms with Crippen LogP contribution in [0.1, 0.15) is 41.8 Å². The molecule has 0 unspecified atom stereocenters. The van der Waals surface area contributed by atoms with Gasteiger partial charge in [0.05, 0.1) is 5.56 Å². The smallest absolute Gasteiger partial charge is 0.256 e. The summed E-state index contributed by atoms with van der Waals surface area (Å²) in [6.07, 6.45) is 2.10. The number of amides is 3. The number of halogens is 2. The van der Waals surface area contributed by atoms with Gasteiger partial charge in [-0.25, -0.2) is 8.78 Å². The third kappa shape index (κ3) is 5.20. The maximum Gasteiger partial charge on any atom is 0.256 e. The minimum absolute atomic E-state index is 0.0287. The van der Waals surface area contributed by atoms with E-state index in [1.807, 2.05) is 0 Å². The number of piperidine rings is 2. The van der Waals surface area contributed by atoms with E-state index in [0.29, 0.717) is 69.5 Å². The van der Waals surface area contributed by atoms with E-state index in [-0.39, 0.29) is 29.2 Å². The first-order chi connectivity index (χ1) is 15.8. The van der Waals surface area contributed by atoms with Gasteiger partial charge in [0.2, 0.25) is 11.8 Å². The second kappa shape index (κ2) is 9.68. The quantitative estimate of drug-likeness (QED) is 0.757. The SMILES string of the molecule is Cc1cc(NC(=O)C2CCN(C(=O)C3CCN(C(=O)c4ccc(F)cc4F)CC3)CC2)no1. The van der Waals surface area contributed by atoms with Crippen molar-refractivity contribution in [3.05, 3.63) is 47.2 Å². The van der Waals surface area contributed by atoms with Crippen LogP contribution in [0.15, 0.2) is 28.8 Å². The van der Waals surface area contributed by atoms with Crippen LogP contribution in [0.3, 0.4) is 0 Å². The van der Waals surface area contributed by atoms with Crippen LogP contribution in [0.5, 0.6) is 0 Å². The molecule has 2 aliphatic rings. The largest absolute Gasteiger partial charge is 0.360 e. The molecule has 1 aromatic heterocycles. The zero-order valence-electron chi connectivity index (χ0n) is 18.4. The van der Waals surface area contributed by atoms with Gasteiger partial charge in [-0.3, -0.25) is 14.4 Å². The molecule has 2 saturated heterocycles. The van der Waals surface area contributed by atoms with Gasteiger partial charge < -0.3 is 19.6 Å². The van der Waals surface area contributed by atoms with Gasteiger partial charge in [-0.1, -0.05) is 5.16 Å². The maximum atomic E-state index is 13.9. The highest BCUT2D eigenvalue weighted by molar-refractivity contribution is 5.95. The predicted octanol–water partition coefficient (Wildman–Crippen LogP) is 2.99. The standard InChI is InChI=1S/C23H26F2N4O4/c1-14-12-20(27-33-14)26-21(30)15-4-8-28(9-5-15)22(31)16-6-10-29(11-7-16)23(32)18-3-2-17(24)13-19(18)25/h2-3,12-13,15-16H,4-11H2,1H3,(H,26,27,30). The number of aryl methyl sites for hydroxylation is 1. The van der Waals surface area contributed by atoms with Gasteiger partial charge in [-0.15, -0.1) is 0 Å². The summed E-state index contributed by atoms with van der Waals surface area (Å²) in [5.41, 5.74) is -0.165. The van der Waals surface area contributed by atoms with Gasteiger partial charge in [-0.2, -0.15) is 0 Å². The number of rotatable bonds is 4. The Bertz CT molecular complexity index is 1040. The van der Waals surface area contributed by atoms with Gasteiger partial charge in [0.15, 0.2) is 5.82 Å². The number of hydrogen-bond acceptors (Lipinski definition) is 5. The van der Waals surface area contributed by atoms with Crippen molar-refractivity contribution in [3.8, 4) is 0 Å². The molecule has 1 aromatic carbocycles. The molecule has 0 spiro atoms. The lowest BCUT2D eigenvalue weighted by Gasteiger charge is -2.37. The number of aromatic nitrogens is 1. The highest BCUT2D eigenvalue weighted by atomic mass is 19.1. The Labute approximate surface area is 189 Å². The minimum atomic E-state index is -0.885. The van der Waals surface area contributed by atoms with Crippen LogP contribution in [0.25, 0.3) is 0 Å². The van der Waals surface area contributed by atoms with Crippen molar-refractivity contribution in [1.82, 2.24) is 15.0 Å². The summed E-state index contributed by atoms with van der Waals surface area (Å²) in [4.78, 5) is 41.2. The third-order valence-electron chi connectivity index (χ3n) is 6.35. The molecule has 2 aromatic rings. The molecular formula is C23H26F2N4O4. The van der Waals surface area contributed by atoms with Crippen LogP contribution in [-0.2, 0) is 9.59 Å². The van der Waals surface area contributed by atoms with E-state index < -0.39 is 17.5 Å². The van der Waals surface area contributed by atoms with E-state index in [4.69, 9.17) is 4.52 Å². The second-order valence-corrected chi connectivity index (χ2v) is 8.60. The lowest BCUT2D eigenvalue weighted by atomic mass is 9.91. The summed E-state index contributed by atoms with van der Waals surface area (Å²) in [6.45, 7) is 3.40. The molecular weight excluding hydrogens is 434 g/mol. The van der Waals surface area contributed by atoms with Crippen LogP contribution >= 0.6 is 0 Å². The average Bonchev–Trinajstić information content (AvgIpc) is 3.22.